The molecule has 2 atom stereocenters. The van der Waals surface area contributed by atoms with Crippen molar-refractivity contribution in [3.8, 4) is 0 Å². The molecule has 1 aliphatic carbocycles. The van der Waals surface area contributed by atoms with E-state index >= 15 is 0 Å². The van der Waals surface area contributed by atoms with E-state index in [4.69, 9.17) is 22.1 Å². The Bertz CT molecular complexity index is 1240. The number of amides is 1. The number of imidazole rings is 1. The second kappa shape index (κ2) is 9.51. The van der Waals surface area contributed by atoms with Crippen molar-refractivity contribution in [2.24, 2.45) is 11.7 Å². The van der Waals surface area contributed by atoms with E-state index in [1.807, 2.05) is 4.57 Å². The zero-order valence-corrected chi connectivity index (χ0v) is 19.3. The van der Waals surface area contributed by atoms with Crippen molar-refractivity contribution >= 4 is 46.3 Å². The highest BCUT2D eigenvalue weighted by Crippen LogP contribution is 2.38. The molecule has 3 heterocycles. The molecule has 5 rings (SSSR count). The van der Waals surface area contributed by atoms with Crippen molar-refractivity contribution in [2.75, 3.05) is 23.8 Å². The number of aliphatic hydroxyl groups is 1. The lowest BCUT2D eigenvalue weighted by atomic mass is 9.85. The highest BCUT2D eigenvalue weighted by atomic mass is 35.5. The van der Waals surface area contributed by atoms with Gasteiger partial charge in [-0.3, -0.25) is 9.36 Å². The van der Waals surface area contributed by atoms with E-state index in [2.05, 4.69) is 25.6 Å². The minimum absolute atomic E-state index is 0.118. The van der Waals surface area contributed by atoms with Crippen molar-refractivity contribution in [1.29, 1.82) is 0 Å². The molecular weight excluding hydrogens is 484 g/mol. The molecule has 0 bridgehead atoms. The van der Waals surface area contributed by atoms with Crippen LogP contribution >= 0.6 is 11.6 Å². The average Bonchev–Trinajstić information content (AvgIpc) is 3.38. The van der Waals surface area contributed by atoms with Crippen molar-refractivity contribution in [1.82, 2.24) is 19.5 Å². The fourth-order valence-electron chi connectivity index (χ4n) is 4.63. The molecule has 2 aromatic heterocycles. The van der Waals surface area contributed by atoms with E-state index in [0.717, 1.165) is 12.1 Å². The summed E-state index contributed by atoms with van der Waals surface area (Å²) in [5.41, 5.74) is 6.29. The number of rotatable bonds is 6. The van der Waals surface area contributed by atoms with Crippen LogP contribution in [0, 0.1) is 17.6 Å². The maximum atomic E-state index is 14.5. The summed E-state index contributed by atoms with van der Waals surface area (Å²) in [7, 11) is 0. The Morgan fingerprint density at radius 1 is 1.20 bits per heavy atom. The van der Waals surface area contributed by atoms with Crippen molar-refractivity contribution in [3.05, 3.63) is 35.0 Å². The van der Waals surface area contributed by atoms with Crippen molar-refractivity contribution in [2.45, 2.75) is 43.9 Å². The standard InChI is InChI=1S/C22H24ClF2N7O3/c23-13-5-11(24)6-14(25)18(13)30-22-29-15-7-27-21(28-16-8-35-9-17(16)33)31-20(15)32(22)12-3-1-10(2-4-12)19(26)34/h5-7,10,12,16-17,33H,1-4,8-9H2,(H2,26,34)(H,29,30)(H,27,28,31)/t10-,12+,16?,17?. The first-order valence-electron chi connectivity index (χ1n) is 11.3. The maximum Gasteiger partial charge on any atom is 0.225 e. The zero-order chi connectivity index (χ0) is 24.7. The highest BCUT2D eigenvalue weighted by molar-refractivity contribution is 6.33. The minimum atomic E-state index is -0.866. The summed E-state index contributed by atoms with van der Waals surface area (Å²) in [4.78, 5) is 25.1. The van der Waals surface area contributed by atoms with E-state index in [1.54, 1.807) is 0 Å². The first-order valence-corrected chi connectivity index (χ1v) is 11.7. The number of halogens is 3. The third-order valence-corrected chi connectivity index (χ3v) is 6.80. The Morgan fingerprint density at radius 2 is 1.97 bits per heavy atom. The largest absolute Gasteiger partial charge is 0.388 e. The van der Waals surface area contributed by atoms with E-state index < -0.39 is 17.7 Å². The van der Waals surface area contributed by atoms with Crippen LogP contribution in [0.4, 0.5) is 26.4 Å². The van der Waals surface area contributed by atoms with Crippen LogP contribution < -0.4 is 16.4 Å². The molecule has 1 aromatic carbocycles. The monoisotopic (exact) mass is 507 g/mol. The first kappa shape index (κ1) is 23.6. The van der Waals surface area contributed by atoms with Crippen LogP contribution in [0.3, 0.4) is 0 Å². The molecule has 1 amide bonds. The number of hydrogen-bond acceptors (Lipinski definition) is 8. The number of nitrogens with zero attached hydrogens (tertiary/aromatic N) is 4. The van der Waals surface area contributed by atoms with Crippen LogP contribution in [0.2, 0.25) is 5.02 Å². The third-order valence-electron chi connectivity index (χ3n) is 6.51. The summed E-state index contributed by atoms with van der Waals surface area (Å²) in [6, 6.07) is 1.26. The van der Waals surface area contributed by atoms with Crippen LogP contribution in [-0.4, -0.2) is 55.9 Å². The number of anilines is 3. The molecule has 2 unspecified atom stereocenters. The Morgan fingerprint density at radius 3 is 2.63 bits per heavy atom. The number of aromatic nitrogens is 4. The van der Waals surface area contributed by atoms with Gasteiger partial charge in [0.05, 0.1) is 42.3 Å². The molecule has 0 spiro atoms. The van der Waals surface area contributed by atoms with Crippen LogP contribution in [0.15, 0.2) is 18.3 Å². The second-order valence-electron chi connectivity index (χ2n) is 8.84. The van der Waals surface area contributed by atoms with Gasteiger partial charge >= 0.3 is 0 Å². The van der Waals surface area contributed by atoms with Gasteiger partial charge in [-0.15, -0.1) is 0 Å². The number of nitrogens with two attached hydrogens (primary N) is 1. The number of aliphatic hydroxyl groups excluding tert-OH is 1. The molecule has 1 saturated carbocycles. The average molecular weight is 508 g/mol. The molecule has 186 valence electrons. The summed E-state index contributed by atoms with van der Waals surface area (Å²) < 4.78 is 35.2. The van der Waals surface area contributed by atoms with Crippen LogP contribution in [0.1, 0.15) is 31.7 Å². The third kappa shape index (κ3) is 4.73. The Hall–Kier alpha value is -3.09. The predicted octanol–water partition coefficient (Wildman–Crippen LogP) is 2.89. The van der Waals surface area contributed by atoms with Gasteiger partial charge in [0.1, 0.15) is 11.3 Å². The zero-order valence-electron chi connectivity index (χ0n) is 18.5. The van der Waals surface area contributed by atoms with E-state index in [0.29, 0.717) is 43.5 Å². The summed E-state index contributed by atoms with van der Waals surface area (Å²) in [6.45, 7) is 0.535. The molecule has 3 aromatic rings. The maximum absolute atomic E-state index is 14.5. The van der Waals surface area contributed by atoms with Gasteiger partial charge < -0.3 is 26.2 Å². The predicted molar refractivity (Wildman–Crippen MR) is 124 cm³/mol. The number of benzene rings is 1. The number of fused-ring (bicyclic) bond motifs is 1. The lowest BCUT2D eigenvalue weighted by Crippen LogP contribution is -2.32. The Balaban J connectivity index is 1.54. The summed E-state index contributed by atoms with van der Waals surface area (Å²) in [5, 5.41) is 15.9. The molecule has 5 N–H and O–H groups in total. The molecule has 35 heavy (non-hydrogen) atoms. The van der Waals surface area contributed by atoms with Gasteiger partial charge in [-0.1, -0.05) is 11.6 Å². The molecule has 1 saturated heterocycles. The number of primary amides is 1. The summed E-state index contributed by atoms with van der Waals surface area (Å²) in [5.74, 6) is -1.67. The Kier molecular flexibility index (Phi) is 6.43. The van der Waals surface area contributed by atoms with Gasteiger partial charge in [-0.05, 0) is 31.7 Å². The second-order valence-corrected chi connectivity index (χ2v) is 9.25. The van der Waals surface area contributed by atoms with Crippen LogP contribution in [0.25, 0.3) is 11.2 Å². The molecule has 2 fully saturated rings. The molecule has 13 heteroatoms. The fourth-order valence-corrected chi connectivity index (χ4v) is 4.87. The van der Waals surface area contributed by atoms with Crippen LogP contribution in [0.5, 0.6) is 0 Å². The number of ether oxygens (including phenoxy) is 1. The van der Waals surface area contributed by atoms with Gasteiger partial charge in [0.2, 0.25) is 17.8 Å². The minimum Gasteiger partial charge on any atom is -0.388 e. The van der Waals surface area contributed by atoms with E-state index in [1.165, 1.54) is 6.20 Å². The molecule has 2 aliphatic rings. The number of carbonyl (C=O) groups is 1. The Labute approximate surface area is 203 Å². The van der Waals surface area contributed by atoms with Gasteiger partial charge in [0, 0.05) is 18.0 Å². The van der Waals surface area contributed by atoms with Crippen LogP contribution in [-0.2, 0) is 9.53 Å². The SMILES string of the molecule is NC(=O)[C@H]1CC[C@@H](n2c(Nc3c(F)cc(F)cc3Cl)nc3cnc(NC4COCC4O)nc32)CC1. The van der Waals surface area contributed by atoms with Gasteiger partial charge in [-0.2, -0.15) is 4.98 Å². The summed E-state index contributed by atoms with van der Waals surface area (Å²) >= 11 is 6.11. The smallest absolute Gasteiger partial charge is 0.225 e. The fraction of sp³-hybridized carbons (Fsp3) is 0.455. The normalized spacial score (nSPS) is 24.6. The molecule has 10 nitrogen and oxygen atoms in total. The molecular formula is C22H24ClF2N7O3. The quantitative estimate of drug-likeness (QED) is 0.399. The van der Waals surface area contributed by atoms with E-state index in [-0.39, 0.29) is 53.1 Å². The van der Waals surface area contributed by atoms with Crippen molar-refractivity contribution < 1.29 is 23.4 Å². The van der Waals surface area contributed by atoms with Gasteiger partial charge in [0.15, 0.2) is 11.5 Å². The number of carbonyl (C=O) groups excluding carboxylic acids is 1. The van der Waals surface area contributed by atoms with Gasteiger partial charge in [0.25, 0.3) is 0 Å². The number of nitrogens with one attached hydrogen (secondary N) is 2. The molecule has 1 aliphatic heterocycles. The van der Waals surface area contributed by atoms with Crippen molar-refractivity contribution in [3.63, 3.8) is 0 Å². The van der Waals surface area contributed by atoms with E-state index in [9.17, 15) is 18.7 Å². The lowest BCUT2D eigenvalue weighted by Gasteiger charge is -2.29. The summed E-state index contributed by atoms with van der Waals surface area (Å²) in [6.07, 6.45) is 3.25. The highest BCUT2D eigenvalue weighted by Gasteiger charge is 2.30. The molecule has 0 radical (unpaired) electrons. The number of hydrogen-bond donors (Lipinski definition) is 4. The topological polar surface area (TPSA) is 140 Å². The lowest BCUT2D eigenvalue weighted by molar-refractivity contribution is -0.122. The first-order chi connectivity index (χ1) is 16.8. The van der Waals surface area contributed by atoms with Gasteiger partial charge in [-0.25, -0.2) is 18.7 Å².